The van der Waals surface area contributed by atoms with E-state index in [1.807, 2.05) is 18.2 Å². The fourth-order valence-corrected chi connectivity index (χ4v) is 1.63. The van der Waals surface area contributed by atoms with Crippen molar-refractivity contribution in [2.75, 3.05) is 4.90 Å². The number of nitrogens with zero attached hydrogens (tertiary/aromatic N) is 1. The molecular weight excluding hydrogens is 343 g/mol. The summed E-state index contributed by atoms with van der Waals surface area (Å²) in [5, 5.41) is 0. The number of carbonyl (C=O) groups excluding carboxylic acids is 2. The van der Waals surface area contributed by atoms with Gasteiger partial charge >= 0.3 is 0 Å². The molecule has 6 heteroatoms. The van der Waals surface area contributed by atoms with Crippen LogP contribution in [0.1, 0.15) is 19.3 Å². The normalized spacial score (nSPS) is 9.11. The molecule has 2 amide bonds. The van der Waals surface area contributed by atoms with Gasteiger partial charge in [0, 0.05) is 39.0 Å². The van der Waals surface area contributed by atoms with Gasteiger partial charge in [0.1, 0.15) is 0 Å². The van der Waals surface area contributed by atoms with Crippen LogP contribution in [0.25, 0.3) is 0 Å². The van der Waals surface area contributed by atoms with E-state index in [0.29, 0.717) is 6.42 Å². The molecule has 0 radical (unpaired) electrons. The maximum absolute atomic E-state index is 11.8. The van der Waals surface area contributed by atoms with Crippen LogP contribution in [0.5, 0.6) is 0 Å². The Bertz CT molecular complexity index is 412. The Balaban J connectivity index is 0.00000289. The maximum atomic E-state index is 11.8. The SMILES string of the molecule is NC(=O)CCCC(=O)N(C=S)c1ccccc1.[Pd]. The molecule has 0 saturated heterocycles. The molecule has 0 aliphatic rings. The van der Waals surface area contributed by atoms with Crippen molar-refractivity contribution in [2.45, 2.75) is 19.3 Å². The van der Waals surface area contributed by atoms with Crippen molar-refractivity contribution in [3.63, 3.8) is 0 Å². The zero-order valence-electron chi connectivity index (χ0n) is 9.65. The van der Waals surface area contributed by atoms with E-state index in [1.165, 1.54) is 10.4 Å². The van der Waals surface area contributed by atoms with Gasteiger partial charge in [0.25, 0.3) is 0 Å². The van der Waals surface area contributed by atoms with Crippen molar-refractivity contribution in [3.05, 3.63) is 30.3 Å². The van der Waals surface area contributed by atoms with Gasteiger partial charge < -0.3 is 5.73 Å². The molecule has 0 heterocycles. The van der Waals surface area contributed by atoms with Crippen LogP contribution in [0.3, 0.4) is 0 Å². The zero-order valence-corrected chi connectivity index (χ0v) is 12.0. The van der Waals surface area contributed by atoms with Crippen LogP contribution in [0, 0.1) is 0 Å². The minimum atomic E-state index is -0.397. The summed E-state index contributed by atoms with van der Waals surface area (Å²) in [5.74, 6) is -0.529. The molecule has 100 valence electrons. The quantitative estimate of drug-likeness (QED) is 0.622. The van der Waals surface area contributed by atoms with E-state index in [0.717, 1.165) is 5.69 Å². The minimum Gasteiger partial charge on any atom is -0.370 e. The molecule has 0 aromatic heterocycles. The molecule has 0 unspecified atom stereocenters. The largest absolute Gasteiger partial charge is 0.370 e. The molecule has 2 N–H and O–H groups in total. The van der Waals surface area contributed by atoms with Crippen LogP contribution >= 0.6 is 12.2 Å². The van der Waals surface area contributed by atoms with Crippen molar-refractivity contribution < 1.29 is 30.0 Å². The average Bonchev–Trinajstić information content (AvgIpc) is 2.31. The first-order valence-electron chi connectivity index (χ1n) is 5.26. The van der Waals surface area contributed by atoms with E-state index in [9.17, 15) is 9.59 Å². The van der Waals surface area contributed by atoms with Crippen molar-refractivity contribution in [1.82, 2.24) is 0 Å². The second-order valence-electron chi connectivity index (χ2n) is 3.52. The van der Waals surface area contributed by atoms with Gasteiger partial charge in [-0.3, -0.25) is 14.5 Å². The fraction of sp³-hybridized carbons (Fsp3) is 0.250. The summed E-state index contributed by atoms with van der Waals surface area (Å²) in [6.07, 6.45) is 0.914. The van der Waals surface area contributed by atoms with Gasteiger partial charge in [-0.2, -0.15) is 0 Å². The van der Waals surface area contributed by atoms with Crippen molar-refractivity contribution in [1.29, 1.82) is 0 Å². The predicted molar refractivity (Wildman–Crippen MR) is 70.6 cm³/mol. The monoisotopic (exact) mass is 356 g/mol. The topological polar surface area (TPSA) is 63.4 Å². The van der Waals surface area contributed by atoms with Crippen molar-refractivity contribution in [3.8, 4) is 0 Å². The first-order valence-corrected chi connectivity index (χ1v) is 5.73. The number of anilines is 1. The number of benzene rings is 1. The fourth-order valence-electron chi connectivity index (χ4n) is 1.39. The van der Waals surface area contributed by atoms with Gasteiger partial charge in [0.2, 0.25) is 11.8 Å². The Labute approximate surface area is 125 Å². The van der Waals surface area contributed by atoms with Gasteiger partial charge in [-0.05, 0) is 18.6 Å². The summed E-state index contributed by atoms with van der Waals surface area (Å²) in [6, 6.07) is 9.13. The van der Waals surface area contributed by atoms with E-state index < -0.39 is 5.91 Å². The number of para-hydroxylation sites is 1. The van der Waals surface area contributed by atoms with E-state index >= 15 is 0 Å². The minimum absolute atomic E-state index is 0. The van der Waals surface area contributed by atoms with Crippen LogP contribution in [-0.2, 0) is 30.0 Å². The van der Waals surface area contributed by atoms with E-state index in [2.05, 4.69) is 0 Å². The third-order valence-electron chi connectivity index (χ3n) is 2.22. The first kappa shape index (κ1) is 16.9. The third kappa shape index (κ3) is 5.50. The van der Waals surface area contributed by atoms with Gasteiger partial charge in [0.05, 0.1) is 5.49 Å². The third-order valence-corrected chi connectivity index (χ3v) is 2.43. The summed E-state index contributed by atoms with van der Waals surface area (Å²) in [6.45, 7) is 0. The zero-order chi connectivity index (χ0) is 12.7. The Morgan fingerprint density at radius 1 is 1.22 bits per heavy atom. The summed E-state index contributed by atoms with van der Waals surface area (Å²) < 4.78 is 0. The van der Waals surface area contributed by atoms with Gasteiger partial charge in [-0.1, -0.05) is 30.4 Å². The second kappa shape index (κ2) is 8.92. The van der Waals surface area contributed by atoms with Gasteiger partial charge in [-0.15, -0.1) is 0 Å². The molecule has 0 fully saturated rings. The molecule has 18 heavy (non-hydrogen) atoms. The summed E-state index contributed by atoms with van der Waals surface area (Å²) in [5.41, 5.74) is 7.04. The van der Waals surface area contributed by atoms with Crippen molar-refractivity contribution in [2.24, 2.45) is 5.73 Å². The molecule has 1 aromatic carbocycles. The van der Waals surface area contributed by atoms with Crippen LogP contribution in [-0.4, -0.2) is 17.3 Å². The molecule has 0 spiro atoms. The standard InChI is InChI=1S/C12H14N2O2S.Pd/c13-11(15)7-4-8-12(16)14(9-17)10-5-2-1-3-6-10;/h1-3,5-6,9H,4,7-8H2,(H2,13,15);. The molecular formula is C12H14N2O2PdS. The Morgan fingerprint density at radius 3 is 2.33 bits per heavy atom. The van der Waals surface area contributed by atoms with Crippen LogP contribution in [0.4, 0.5) is 5.69 Å². The number of hydrogen-bond donors (Lipinski definition) is 1. The Kier molecular flexibility index (Phi) is 8.39. The molecule has 0 bridgehead atoms. The number of rotatable bonds is 6. The summed E-state index contributed by atoms with van der Waals surface area (Å²) in [4.78, 5) is 23.8. The number of hydrogen-bond acceptors (Lipinski definition) is 3. The molecule has 0 atom stereocenters. The van der Waals surface area contributed by atoms with Crippen LogP contribution in [0.2, 0.25) is 0 Å². The number of nitrogens with two attached hydrogens (primary N) is 1. The average molecular weight is 357 g/mol. The van der Waals surface area contributed by atoms with Gasteiger partial charge in [-0.25, -0.2) is 0 Å². The predicted octanol–water partition coefficient (Wildman–Crippen LogP) is 1.63. The molecule has 1 aromatic rings. The molecule has 0 aliphatic heterocycles. The number of thiocarbonyl (C=S) groups is 1. The molecule has 0 saturated carbocycles. The number of carbonyl (C=O) groups is 2. The van der Waals surface area contributed by atoms with E-state index in [1.54, 1.807) is 12.1 Å². The number of amides is 2. The van der Waals surface area contributed by atoms with E-state index in [4.69, 9.17) is 18.0 Å². The molecule has 0 aliphatic carbocycles. The Hall–Kier alpha value is -1.09. The van der Waals surface area contributed by atoms with Crippen LogP contribution < -0.4 is 10.6 Å². The maximum Gasteiger partial charge on any atom is 0.231 e. The smallest absolute Gasteiger partial charge is 0.231 e. The van der Waals surface area contributed by atoms with Gasteiger partial charge in [0.15, 0.2) is 0 Å². The van der Waals surface area contributed by atoms with E-state index in [-0.39, 0.29) is 39.2 Å². The second-order valence-corrected chi connectivity index (χ2v) is 3.74. The molecule has 1 rings (SSSR count). The van der Waals surface area contributed by atoms with Crippen molar-refractivity contribution >= 4 is 35.2 Å². The van der Waals surface area contributed by atoms with Crippen LogP contribution in [0.15, 0.2) is 30.3 Å². The molecule has 4 nitrogen and oxygen atoms in total. The summed E-state index contributed by atoms with van der Waals surface area (Å²) in [7, 11) is 0. The first-order chi connectivity index (χ1) is 8.15. The summed E-state index contributed by atoms with van der Waals surface area (Å²) >= 11 is 4.82. The number of primary amides is 1. The Morgan fingerprint density at radius 2 is 1.83 bits per heavy atom.